The number of cyclic esters (lactones) is 2. The van der Waals surface area contributed by atoms with E-state index in [1.54, 1.807) is 0 Å². The molecule has 2 saturated heterocycles. The first-order valence-electron chi connectivity index (χ1n) is 7.29. The number of esters is 2. The summed E-state index contributed by atoms with van der Waals surface area (Å²) in [5.41, 5.74) is 0. The van der Waals surface area contributed by atoms with E-state index in [2.05, 4.69) is 39.3 Å². The van der Waals surface area contributed by atoms with Gasteiger partial charge in [0.2, 0.25) is 0 Å². The molecular weight excluding hydrogens is 320 g/mol. The fraction of sp³-hybridized carbons (Fsp3) is 0.714. The molecule has 0 aromatic rings. The van der Waals surface area contributed by atoms with Gasteiger partial charge in [-0.25, -0.2) is 0 Å². The van der Waals surface area contributed by atoms with Gasteiger partial charge in [-0.05, 0) is 0 Å². The first-order chi connectivity index (χ1) is 9.41. The molecule has 0 N–H and O–H groups in total. The average molecular weight is 343 g/mol. The number of hydrogen-bond donors (Lipinski definition) is 0. The van der Waals surface area contributed by atoms with Crippen LogP contribution in [0.5, 0.6) is 0 Å². The minimum Gasteiger partial charge on any atom is -0.393 e. The summed E-state index contributed by atoms with van der Waals surface area (Å²) in [5, 5.41) is 0. The Morgan fingerprint density at radius 1 is 0.905 bits per heavy atom. The maximum Gasteiger partial charge on any atom is 0.319 e. The zero-order chi connectivity index (χ0) is 16.0. The second kappa shape index (κ2) is 3.86. The Bertz CT molecular complexity index is 565. The van der Waals surface area contributed by atoms with E-state index in [9.17, 15) is 13.8 Å². The highest BCUT2D eigenvalue weighted by Gasteiger charge is 2.81. The number of hydrogen-bond acceptors (Lipinski definition) is 4. The highest BCUT2D eigenvalue weighted by atomic mass is 32.2. The van der Waals surface area contributed by atoms with Crippen molar-refractivity contribution in [1.82, 2.24) is 0 Å². The van der Waals surface area contributed by atoms with Crippen LogP contribution in [0.15, 0.2) is 12.2 Å². The summed E-state index contributed by atoms with van der Waals surface area (Å²) in [7, 11) is -5.21. The van der Waals surface area contributed by atoms with Crippen LogP contribution in [-0.4, -0.2) is 41.0 Å². The van der Waals surface area contributed by atoms with Gasteiger partial charge in [-0.3, -0.25) is 13.8 Å². The number of carbonyl (C=O) groups is 2. The molecule has 7 heteroatoms. The van der Waals surface area contributed by atoms with Gasteiger partial charge in [-0.15, -0.1) is 0 Å². The molecule has 21 heavy (non-hydrogen) atoms. The predicted octanol–water partition coefficient (Wildman–Crippen LogP) is 1.87. The molecule has 0 radical (unpaired) electrons. The standard InChI is InChI=1S/C14H22O4SSi2/c1-20(2,3)13-7-8-14(19(13)17,21(4,5)6)10-9(13)11(15)18-12(10)16/h7-10H,1-6H3. The minimum absolute atomic E-state index is 0.453. The van der Waals surface area contributed by atoms with E-state index in [1.807, 2.05) is 12.2 Å². The van der Waals surface area contributed by atoms with E-state index in [0.717, 1.165) is 0 Å². The summed E-state index contributed by atoms with van der Waals surface area (Å²) in [5.74, 6) is -1.97. The van der Waals surface area contributed by atoms with E-state index in [4.69, 9.17) is 4.74 Å². The molecule has 3 aliphatic rings. The van der Waals surface area contributed by atoms with Crippen LogP contribution in [0.25, 0.3) is 0 Å². The molecule has 0 aromatic heterocycles. The quantitative estimate of drug-likeness (QED) is 0.333. The summed E-state index contributed by atoms with van der Waals surface area (Å²) < 4.78 is 17.3. The van der Waals surface area contributed by atoms with Gasteiger partial charge >= 0.3 is 11.9 Å². The first kappa shape index (κ1) is 15.4. The van der Waals surface area contributed by atoms with E-state index in [0.29, 0.717) is 0 Å². The van der Waals surface area contributed by atoms with Gasteiger partial charge in [0, 0.05) is 10.8 Å². The van der Waals surface area contributed by atoms with Crippen LogP contribution in [0.3, 0.4) is 0 Å². The molecule has 116 valence electrons. The van der Waals surface area contributed by atoms with Crippen molar-refractivity contribution in [2.45, 2.75) is 48.0 Å². The molecule has 3 rings (SSSR count). The van der Waals surface area contributed by atoms with Crippen molar-refractivity contribution in [2.24, 2.45) is 11.8 Å². The monoisotopic (exact) mass is 342 g/mol. The van der Waals surface area contributed by atoms with Gasteiger partial charge in [0.05, 0.1) is 36.7 Å². The van der Waals surface area contributed by atoms with Crippen molar-refractivity contribution in [1.29, 1.82) is 0 Å². The van der Waals surface area contributed by atoms with Crippen LogP contribution in [0, 0.1) is 11.8 Å². The molecule has 0 amide bonds. The molecule has 0 aromatic carbocycles. The van der Waals surface area contributed by atoms with Crippen LogP contribution in [0.1, 0.15) is 0 Å². The van der Waals surface area contributed by atoms with Crippen LogP contribution < -0.4 is 0 Å². The smallest absolute Gasteiger partial charge is 0.319 e. The Balaban J connectivity index is 2.34. The minimum atomic E-state index is -2.00. The van der Waals surface area contributed by atoms with E-state index >= 15 is 0 Å². The van der Waals surface area contributed by atoms with Crippen molar-refractivity contribution in [2.75, 3.05) is 0 Å². The predicted molar refractivity (Wildman–Crippen MR) is 87.5 cm³/mol. The van der Waals surface area contributed by atoms with Gasteiger partial charge < -0.3 is 4.74 Å². The third-order valence-corrected chi connectivity index (χ3v) is 17.9. The zero-order valence-electron chi connectivity index (χ0n) is 13.4. The lowest BCUT2D eigenvalue weighted by Crippen LogP contribution is -2.58. The molecule has 2 bridgehead atoms. The van der Waals surface area contributed by atoms with Crippen LogP contribution in [0.4, 0.5) is 0 Å². The lowest BCUT2D eigenvalue weighted by Gasteiger charge is -2.39. The van der Waals surface area contributed by atoms with Crippen molar-refractivity contribution >= 4 is 38.9 Å². The van der Waals surface area contributed by atoms with E-state index < -0.39 is 59.5 Å². The molecule has 3 heterocycles. The third-order valence-electron chi connectivity index (χ3n) is 5.50. The van der Waals surface area contributed by atoms with E-state index in [-0.39, 0.29) is 0 Å². The molecule has 4 atom stereocenters. The maximum atomic E-state index is 13.6. The molecule has 4 nitrogen and oxygen atoms in total. The van der Waals surface area contributed by atoms with Gasteiger partial charge in [-0.1, -0.05) is 51.4 Å². The molecule has 4 unspecified atom stereocenters. The third kappa shape index (κ3) is 1.43. The Morgan fingerprint density at radius 2 is 1.24 bits per heavy atom. The van der Waals surface area contributed by atoms with E-state index in [1.165, 1.54) is 0 Å². The van der Waals surface area contributed by atoms with Crippen LogP contribution in [-0.2, 0) is 25.1 Å². The van der Waals surface area contributed by atoms with Crippen molar-refractivity contribution in [3.05, 3.63) is 12.2 Å². The summed E-state index contributed by atoms with van der Waals surface area (Å²) in [6.07, 6.45) is 4.04. The summed E-state index contributed by atoms with van der Waals surface area (Å²) in [6, 6.07) is 0. The topological polar surface area (TPSA) is 60.4 Å². The lowest BCUT2D eigenvalue weighted by atomic mass is 9.84. The average Bonchev–Trinajstić information content (AvgIpc) is 2.85. The molecule has 2 fully saturated rings. The van der Waals surface area contributed by atoms with Crippen molar-refractivity contribution in [3.63, 3.8) is 0 Å². The van der Waals surface area contributed by atoms with Crippen molar-refractivity contribution in [3.8, 4) is 0 Å². The van der Waals surface area contributed by atoms with Gasteiger partial charge in [0.15, 0.2) is 0 Å². The zero-order valence-corrected chi connectivity index (χ0v) is 16.2. The largest absolute Gasteiger partial charge is 0.393 e. The Kier molecular flexibility index (Phi) is 2.82. The normalized spacial score (nSPS) is 45.1. The highest BCUT2D eigenvalue weighted by Crippen LogP contribution is 2.64. The van der Waals surface area contributed by atoms with Crippen LogP contribution in [0.2, 0.25) is 39.3 Å². The molecule has 3 aliphatic heterocycles. The maximum absolute atomic E-state index is 13.6. The molecule has 0 aliphatic carbocycles. The number of carbonyl (C=O) groups excluding carboxylic acids is 2. The number of fused-ring (bicyclic) bond motifs is 5. The molecule has 0 saturated carbocycles. The Morgan fingerprint density at radius 3 is 1.52 bits per heavy atom. The second-order valence-electron chi connectivity index (χ2n) is 8.38. The lowest BCUT2D eigenvalue weighted by molar-refractivity contribution is -0.153. The Labute approximate surface area is 129 Å². The first-order valence-corrected chi connectivity index (χ1v) is 15.4. The fourth-order valence-corrected chi connectivity index (χ4v) is 15.7. The molecular formula is C14H22O4SSi2. The summed E-state index contributed by atoms with van der Waals surface area (Å²) in [6.45, 7) is 12.8. The van der Waals surface area contributed by atoms with Gasteiger partial charge in [-0.2, -0.15) is 0 Å². The van der Waals surface area contributed by atoms with Crippen LogP contribution >= 0.6 is 0 Å². The highest BCUT2D eigenvalue weighted by molar-refractivity contribution is 7.93. The second-order valence-corrected chi connectivity index (χ2v) is 21.7. The Hall–Kier alpha value is -0.536. The van der Waals surface area contributed by atoms with Crippen molar-refractivity contribution < 1.29 is 18.5 Å². The fourth-order valence-electron chi connectivity index (χ4n) is 4.42. The number of rotatable bonds is 2. The summed E-state index contributed by atoms with van der Waals surface area (Å²) >= 11 is 0. The summed E-state index contributed by atoms with van der Waals surface area (Å²) in [4.78, 5) is 24.7. The number of ether oxygens (including phenoxy) is 1. The van der Waals surface area contributed by atoms with Gasteiger partial charge in [0.1, 0.15) is 0 Å². The molecule has 0 spiro atoms. The van der Waals surface area contributed by atoms with Gasteiger partial charge in [0.25, 0.3) is 0 Å². The SMILES string of the molecule is C[Si](C)(C)C12C=CC([Si](C)(C)C)(C3C(=O)OC(=O)C31)S2=O.